The monoisotopic (exact) mass is 363 g/mol. The minimum Gasteiger partial charge on any atom is -0.326 e. The van der Waals surface area contributed by atoms with Crippen molar-refractivity contribution in [3.8, 4) is 5.69 Å². The lowest BCUT2D eigenvalue weighted by atomic mass is 9.95. The Hall–Kier alpha value is -3.13. The van der Waals surface area contributed by atoms with Crippen LogP contribution in [0.4, 0.5) is 5.69 Å². The number of tetrazole rings is 1. The summed E-state index contributed by atoms with van der Waals surface area (Å²) < 4.78 is 1.57. The summed E-state index contributed by atoms with van der Waals surface area (Å²) >= 11 is 0. The van der Waals surface area contributed by atoms with Gasteiger partial charge in [0.2, 0.25) is 5.91 Å². The predicted octanol–water partition coefficient (Wildman–Crippen LogP) is 1.91. The van der Waals surface area contributed by atoms with E-state index in [-0.39, 0.29) is 11.8 Å². The van der Waals surface area contributed by atoms with Crippen LogP contribution in [0.25, 0.3) is 5.69 Å². The van der Waals surface area contributed by atoms with Gasteiger partial charge in [-0.05, 0) is 72.8 Å². The van der Waals surface area contributed by atoms with Crippen LogP contribution in [0.3, 0.4) is 0 Å². The SMILES string of the molecule is O=C(Nc1ccc(-n2cnnn2)cc1)C1CCN(Cc2ccccn2)CC1. The molecule has 8 heteroatoms. The highest BCUT2D eigenvalue weighted by Gasteiger charge is 2.25. The Morgan fingerprint density at radius 3 is 2.59 bits per heavy atom. The Bertz CT molecular complexity index is 857. The smallest absolute Gasteiger partial charge is 0.227 e. The van der Waals surface area contributed by atoms with Crippen molar-refractivity contribution in [2.24, 2.45) is 5.92 Å². The van der Waals surface area contributed by atoms with Gasteiger partial charge in [-0.1, -0.05) is 6.07 Å². The van der Waals surface area contributed by atoms with Crippen LogP contribution in [0.1, 0.15) is 18.5 Å². The third kappa shape index (κ3) is 4.35. The molecule has 1 amide bonds. The summed E-state index contributed by atoms with van der Waals surface area (Å²) in [5.41, 5.74) is 2.71. The molecule has 1 fully saturated rings. The van der Waals surface area contributed by atoms with Crippen LogP contribution in [0, 0.1) is 5.92 Å². The molecule has 0 aliphatic carbocycles. The zero-order valence-electron chi connectivity index (χ0n) is 14.9. The van der Waals surface area contributed by atoms with Crippen molar-refractivity contribution in [3.63, 3.8) is 0 Å². The number of aromatic nitrogens is 5. The maximum atomic E-state index is 12.6. The number of rotatable bonds is 5. The number of benzene rings is 1. The molecule has 0 spiro atoms. The molecule has 2 aromatic heterocycles. The summed E-state index contributed by atoms with van der Waals surface area (Å²) in [6.07, 6.45) is 5.08. The Morgan fingerprint density at radius 2 is 1.93 bits per heavy atom. The zero-order chi connectivity index (χ0) is 18.5. The van der Waals surface area contributed by atoms with E-state index < -0.39 is 0 Å². The molecule has 138 valence electrons. The maximum Gasteiger partial charge on any atom is 0.227 e. The molecular formula is C19H21N7O. The average Bonchev–Trinajstić information content (AvgIpc) is 3.25. The minimum absolute atomic E-state index is 0.0455. The van der Waals surface area contributed by atoms with Crippen LogP contribution in [-0.4, -0.2) is 49.1 Å². The molecule has 0 bridgehead atoms. The van der Waals surface area contributed by atoms with Gasteiger partial charge in [0.25, 0.3) is 0 Å². The fourth-order valence-corrected chi connectivity index (χ4v) is 3.30. The van der Waals surface area contributed by atoms with Crippen molar-refractivity contribution < 1.29 is 4.79 Å². The summed E-state index contributed by atoms with van der Waals surface area (Å²) in [6.45, 7) is 2.66. The molecule has 1 aromatic carbocycles. The molecule has 1 saturated heterocycles. The highest BCUT2D eigenvalue weighted by Crippen LogP contribution is 2.21. The first-order valence-electron chi connectivity index (χ1n) is 9.04. The van der Waals surface area contributed by atoms with Gasteiger partial charge in [-0.3, -0.25) is 14.7 Å². The van der Waals surface area contributed by atoms with Crippen molar-refractivity contribution in [2.75, 3.05) is 18.4 Å². The van der Waals surface area contributed by atoms with E-state index in [1.165, 1.54) is 6.33 Å². The van der Waals surface area contributed by atoms with Gasteiger partial charge in [-0.25, -0.2) is 4.68 Å². The largest absolute Gasteiger partial charge is 0.326 e. The first-order chi connectivity index (χ1) is 13.3. The highest BCUT2D eigenvalue weighted by molar-refractivity contribution is 5.92. The van der Waals surface area contributed by atoms with E-state index in [2.05, 4.69) is 30.7 Å². The second kappa shape index (κ2) is 8.05. The number of nitrogens with zero attached hydrogens (tertiary/aromatic N) is 6. The van der Waals surface area contributed by atoms with Crippen LogP contribution >= 0.6 is 0 Å². The number of nitrogens with one attached hydrogen (secondary N) is 1. The van der Waals surface area contributed by atoms with Crippen LogP contribution in [0.5, 0.6) is 0 Å². The lowest BCUT2D eigenvalue weighted by molar-refractivity contribution is -0.121. The van der Waals surface area contributed by atoms with E-state index >= 15 is 0 Å². The lowest BCUT2D eigenvalue weighted by Crippen LogP contribution is -2.37. The van der Waals surface area contributed by atoms with Gasteiger partial charge in [0.1, 0.15) is 6.33 Å². The Labute approximate surface area is 157 Å². The molecule has 27 heavy (non-hydrogen) atoms. The maximum absolute atomic E-state index is 12.6. The normalized spacial score (nSPS) is 15.6. The quantitative estimate of drug-likeness (QED) is 0.745. The predicted molar refractivity (Wildman–Crippen MR) is 100 cm³/mol. The van der Waals surface area contributed by atoms with E-state index in [1.807, 2.05) is 48.7 Å². The molecule has 0 atom stereocenters. The third-order valence-electron chi connectivity index (χ3n) is 4.82. The molecule has 1 aliphatic rings. The molecule has 0 saturated carbocycles. The summed E-state index contributed by atoms with van der Waals surface area (Å²) in [5, 5.41) is 14.1. The fraction of sp³-hybridized carbons (Fsp3) is 0.316. The van der Waals surface area contributed by atoms with Gasteiger partial charge in [-0.15, -0.1) is 5.10 Å². The van der Waals surface area contributed by atoms with E-state index in [4.69, 9.17) is 0 Å². The fourth-order valence-electron chi connectivity index (χ4n) is 3.30. The van der Waals surface area contributed by atoms with E-state index in [1.54, 1.807) is 4.68 Å². The van der Waals surface area contributed by atoms with E-state index in [0.717, 1.165) is 49.5 Å². The van der Waals surface area contributed by atoms with Gasteiger partial charge in [0.15, 0.2) is 0 Å². The number of hydrogen-bond donors (Lipinski definition) is 1. The van der Waals surface area contributed by atoms with E-state index in [9.17, 15) is 4.79 Å². The summed E-state index contributed by atoms with van der Waals surface area (Å²) in [5.74, 6) is 0.131. The van der Waals surface area contributed by atoms with Gasteiger partial charge >= 0.3 is 0 Å². The molecule has 4 rings (SSSR count). The highest BCUT2D eigenvalue weighted by atomic mass is 16.1. The standard InChI is InChI=1S/C19H21N7O/c27-19(22-16-4-6-18(7-5-16)26-14-21-23-24-26)15-8-11-25(12-9-15)13-17-3-1-2-10-20-17/h1-7,10,14-15H,8-9,11-13H2,(H,22,27). The number of carbonyl (C=O) groups excluding carboxylic acids is 1. The van der Waals surface area contributed by atoms with Crippen molar-refractivity contribution in [1.82, 2.24) is 30.1 Å². The number of hydrogen-bond acceptors (Lipinski definition) is 6. The molecule has 1 N–H and O–H groups in total. The van der Waals surface area contributed by atoms with E-state index in [0.29, 0.717) is 0 Å². The molecule has 3 aromatic rings. The molecule has 0 unspecified atom stereocenters. The molecule has 3 heterocycles. The second-order valence-corrected chi connectivity index (χ2v) is 6.66. The summed E-state index contributed by atoms with van der Waals surface area (Å²) in [4.78, 5) is 19.3. The molecule has 0 radical (unpaired) electrons. The number of amides is 1. The first kappa shape index (κ1) is 17.3. The number of carbonyl (C=O) groups is 1. The number of likely N-dealkylation sites (tertiary alicyclic amines) is 1. The van der Waals surface area contributed by atoms with Gasteiger partial charge in [0.05, 0.1) is 11.4 Å². The Balaban J connectivity index is 1.28. The molecule has 8 nitrogen and oxygen atoms in total. The number of piperidine rings is 1. The summed E-state index contributed by atoms with van der Waals surface area (Å²) in [7, 11) is 0. The Kier molecular flexibility index (Phi) is 5.15. The zero-order valence-corrected chi connectivity index (χ0v) is 14.9. The average molecular weight is 363 g/mol. The first-order valence-corrected chi connectivity index (χ1v) is 9.04. The second-order valence-electron chi connectivity index (χ2n) is 6.66. The topological polar surface area (TPSA) is 88.8 Å². The minimum atomic E-state index is 0.0455. The van der Waals surface area contributed by atoms with Crippen LogP contribution in [-0.2, 0) is 11.3 Å². The van der Waals surface area contributed by atoms with Crippen LogP contribution < -0.4 is 5.32 Å². The van der Waals surface area contributed by atoms with Gasteiger partial charge in [-0.2, -0.15) is 0 Å². The van der Waals surface area contributed by atoms with Crippen molar-refractivity contribution in [1.29, 1.82) is 0 Å². The third-order valence-corrected chi connectivity index (χ3v) is 4.82. The molecular weight excluding hydrogens is 342 g/mol. The van der Waals surface area contributed by atoms with Crippen LogP contribution in [0.15, 0.2) is 55.0 Å². The van der Waals surface area contributed by atoms with Gasteiger partial charge < -0.3 is 5.32 Å². The van der Waals surface area contributed by atoms with Crippen LogP contribution in [0.2, 0.25) is 0 Å². The van der Waals surface area contributed by atoms with Crippen molar-refractivity contribution in [3.05, 3.63) is 60.7 Å². The van der Waals surface area contributed by atoms with Gasteiger partial charge in [0, 0.05) is 24.3 Å². The lowest BCUT2D eigenvalue weighted by Gasteiger charge is -2.31. The Morgan fingerprint density at radius 1 is 1.11 bits per heavy atom. The molecule has 1 aliphatic heterocycles. The van der Waals surface area contributed by atoms with Crippen molar-refractivity contribution >= 4 is 11.6 Å². The van der Waals surface area contributed by atoms with Crippen molar-refractivity contribution in [2.45, 2.75) is 19.4 Å². The number of anilines is 1. The number of pyridine rings is 1. The summed E-state index contributed by atoms with van der Waals surface area (Å²) in [6, 6.07) is 13.5.